The Bertz CT molecular complexity index is 313. The van der Waals surface area contributed by atoms with E-state index in [0.717, 1.165) is 17.8 Å². The Morgan fingerprint density at radius 2 is 2.44 bits per heavy atom. The van der Waals surface area contributed by atoms with Crippen LogP contribution in [0, 0.1) is 5.92 Å². The summed E-state index contributed by atoms with van der Waals surface area (Å²) in [5.74, 6) is 0.0338. The van der Waals surface area contributed by atoms with Crippen molar-refractivity contribution in [3.05, 3.63) is 16.6 Å². The standard InChI is InChI=1S/C11H19N3OS/c1-3-9(11-13-6-7-16-11)14-10(15)8(2)4-5-12/h6-9H,3-5,12H2,1-2H3,(H,14,15). The zero-order valence-corrected chi connectivity index (χ0v) is 10.6. The summed E-state index contributed by atoms with van der Waals surface area (Å²) in [5.41, 5.74) is 5.43. The van der Waals surface area contributed by atoms with Gasteiger partial charge in [-0.1, -0.05) is 13.8 Å². The average molecular weight is 241 g/mol. The van der Waals surface area contributed by atoms with E-state index in [-0.39, 0.29) is 17.9 Å². The third kappa shape index (κ3) is 3.57. The molecule has 0 fully saturated rings. The van der Waals surface area contributed by atoms with Gasteiger partial charge in [-0.2, -0.15) is 0 Å². The van der Waals surface area contributed by atoms with Crippen LogP contribution in [0.15, 0.2) is 11.6 Å². The molecule has 1 aromatic rings. The van der Waals surface area contributed by atoms with E-state index in [1.807, 2.05) is 19.2 Å². The van der Waals surface area contributed by atoms with Gasteiger partial charge in [0.15, 0.2) is 0 Å². The third-order valence-corrected chi connectivity index (χ3v) is 3.41. The van der Waals surface area contributed by atoms with Crippen LogP contribution < -0.4 is 11.1 Å². The summed E-state index contributed by atoms with van der Waals surface area (Å²) in [5, 5.41) is 5.90. The monoisotopic (exact) mass is 241 g/mol. The lowest BCUT2D eigenvalue weighted by Gasteiger charge is -2.17. The number of carbonyl (C=O) groups excluding carboxylic acids is 1. The van der Waals surface area contributed by atoms with Crippen LogP contribution in [0.4, 0.5) is 0 Å². The molecule has 0 aliphatic heterocycles. The van der Waals surface area contributed by atoms with Gasteiger partial charge in [-0.25, -0.2) is 4.98 Å². The molecule has 1 heterocycles. The minimum Gasteiger partial charge on any atom is -0.347 e. The van der Waals surface area contributed by atoms with Crippen LogP contribution in [-0.2, 0) is 4.79 Å². The quantitative estimate of drug-likeness (QED) is 0.796. The van der Waals surface area contributed by atoms with Crippen molar-refractivity contribution in [2.75, 3.05) is 6.54 Å². The van der Waals surface area contributed by atoms with Gasteiger partial charge >= 0.3 is 0 Å². The summed E-state index contributed by atoms with van der Waals surface area (Å²) < 4.78 is 0. The van der Waals surface area contributed by atoms with Crippen molar-refractivity contribution in [3.63, 3.8) is 0 Å². The fraction of sp³-hybridized carbons (Fsp3) is 0.636. The number of nitrogens with zero attached hydrogens (tertiary/aromatic N) is 1. The van der Waals surface area contributed by atoms with E-state index in [1.165, 1.54) is 0 Å². The largest absolute Gasteiger partial charge is 0.347 e. The molecule has 2 unspecified atom stereocenters. The Balaban J connectivity index is 2.54. The highest BCUT2D eigenvalue weighted by atomic mass is 32.1. The molecule has 1 aromatic heterocycles. The molecule has 0 aromatic carbocycles. The molecule has 2 atom stereocenters. The Hall–Kier alpha value is -0.940. The van der Waals surface area contributed by atoms with Crippen LogP contribution in [-0.4, -0.2) is 17.4 Å². The van der Waals surface area contributed by atoms with E-state index >= 15 is 0 Å². The molecule has 1 amide bonds. The number of hydrogen-bond acceptors (Lipinski definition) is 4. The predicted molar refractivity (Wildman–Crippen MR) is 66.1 cm³/mol. The summed E-state index contributed by atoms with van der Waals surface area (Å²) in [6.07, 6.45) is 3.34. The highest BCUT2D eigenvalue weighted by Gasteiger charge is 2.18. The maximum Gasteiger partial charge on any atom is 0.223 e. The van der Waals surface area contributed by atoms with Crippen LogP contribution in [0.2, 0.25) is 0 Å². The molecule has 0 aliphatic carbocycles. The number of rotatable bonds is 6. The fourth-order valence-corrected chi connectivity index (χ4v) is 2.21. The molecule has 3 N–H and O–H groups in total. The van der Waals surface area contributed by atoms with E-state index in [2.05, 4.69) is 10.3 Å². The molecule has 0 radical (unpaired) electrons. The maximum absolute atomic E-state index is 11.8. The second-order valence-electron chi connectivity index (χ2n) is 3.82. The number of nitrogens with one attached hydrogen (secondary N) is 1. The van der Waals surface area contributed by atoms with E-state index < -0.39 is 0 Å². The Morgan fingerprint density at radius 1 is 1.69 bits per heavy atom. The van der Waals surface area contributed by atoms with Gasteiger partial charge in [0.2, 0.25) is 5.91 Å². The van der Waals surface area contributed by atoms with Crippen molar-refractivity contribution in [1.29, 1.82) is 0 Å². The lowest BCUT2D eigenvalue weighted by atomic mass is 10.1. The van der Waals surface area contributed by atoms with Gasteiger partial charge in [0.1, 0.15) is 5.01 Å². The van der Waals surface area contributed by atoms with Crippen molar-refractivity contribution in [2.45, 2.75) is 32.7 Å². The molecule has 0 aliphatic rings. The molecule has 16 heavy (non-hydrogen) atoms. The predicted octanol–water partition coefficient (Wildman–Crippen LogP) is 1.70. The minimum absolute atomic E-state index is 0.0287. The summed E-state index contributed by atoms with van der Waals surface area (Å²) in [6, 6.07) is 0.0349. The second-order valence-corrected chi connectivity index (χ2v) is 4.74. The molecule has 0 bridgehead atoms. The van der Waals surface area contributed by atoms with Crippen molar-refractivity contribution < 1.29 is 4.79 Å². The maximum atomic E-state index is 11.8. The molecule has 5 heteroatoms. The number of nitrogens with two attached hydrogens (primary N) is 1. The summed E-state index contributed by atoms with van der Waals surface area (Å²) >= 11 is 1.57. The molecular weight excluding hydrogens is 222 g/mol. The van der Waals surface area contributed by atoms with E-state index in [4.69, 9.17) is 5.73 Å². The van der Waals surface area contributed by atoms with Gasteiger partial charge in [-0.05, 0) is 19.4 Å². The topological polar surface area (TPSA) is 68.0 Å². The van der Waals surface area contributed by atoms with Crippen LogP contribution >= 0.6 is 11.3 Å². The summed E-state index contributed by atoms with van der Waals surface area (Å²) in [6.45, 7) is 4.49. The number of thiazole rings is 1. The van der Waals surface area contributed by atoms with Crippen molar-refractivity contribution in [1.82, 2.24) is 10.3 Å². The number of hydrogen-bond donors (Lipinski definition) is 2. The lowest BCUT2D eigenvalue weighted by Crippen LogP contribution is -2.33. The van der Waals surface area contributed by atoms with Crippen LogP contribution in [0.25, 0.3) is 0 Å². The number of carbonyl (C=O) groups is 1. The van der Waals surface area contributed by atoms with Gasteiger partial charge < -0.3 is 11.1 Å². The van der Waals surface area contributed by atoms with Gasteiger partial charge in [-0.3, -0.25) is 4.79 Å². The molecule has 4 nitrogen and oxygen atoms in total. The van der Waals surface area contributed by atoms with Gasteiger partial charge in [0.05, 0.1) is 6.04 Å². The highest BCUT2D eigenvalue weighted by molar-refractivity contribution is 7.09. The van der Waals surface area contributed by atoms with Crippen molar-refractivity contribution >= 4 is 17.2 Å². The first kappa shape index (κ1) is 13.1. The molecule has 1 rings (SSSR count). The number of amides is 1. The number of aromatic nitrogens is 1. The Morgan fingerprint density at radius 3 is 2.94 bits per heavy atom. The molecule has 0 spiro atoms. The second kappa shape index (κ2) is 6.60. The third-order valence-electron chi connectivity index (χ3n) is 2.52. The highest BCUT2D eigenvalue weighted by Crippen LogP contribution is 2.19. The van der Waals surface area contributed by atoms with Gasteiger partial charge in [0, 0.05) is 17.5 Å². The first-order chi connectivity index (χ1) is 7.69. The summed E-state index contributed by atoms with van der Waals surface area (Å²) in [4.78, 5) is 16.0. The van der Waals surface area contributed by atoms with E-state index in [9.17, 15) is 4.79 Å². The van der Waals surface area contributed by atoms with Crippen molar-refractivity contribution in [3.8, 4) is 0 Å². The average Bonchev–Trinajstić information content (AvgIpc) is 2.79. The van der Waals surface area contributed by atoms with Crippen molar-refractivity contribution in [2.24, 2.45) is 11.7 Å². The SMILES string of the molecule is CCC(NC(=O)C(C)CCN)c1nccs1. The first-order valence-electron chi connectivity index (χ1n) is 5.58. The fourth-order valence-electron chi connectivity index (χ4n) is 1.44. The van der Waals surface area contributed by atoms with Crippen LogP contribution in [0.5, 0.6) is 0 Å². The van der Waals surface area contributed by atoms with Gasteiger partial charge in [0.25, 0.3) is 0 Å². The minimum atomic E-state index is -0.0287. The Labute approximate surface area is 100 Å². The molecular formula is C11H19N3OS. The molecule has 0 saturated carbocycles. The van der Waals surface area contributed by atoms with E-state index in [1.54, 1.807) is 17.5 Å². The van der Waals surface area contributed by atoms with E-state index in [0.29, 0.717) is 6.54 Å². The normalized spacial score (nSPS) is 14.4. The molecule has 0 saturated heterocycles. The van der Waals surface area contributed by atoms with Crippen LogP contribution in [0.1, 0.15) is 37.7 Å². The smallest absolute Gasteiger partial charge is 0.223 e. The Kier molecular flexibility index (Phi) is 5.42. The lowest BCUT2D eigenvalue weighted by molar-refractivity contribution is -0.125. The summed E-state index contributed by atoms with van der Waals surface area (Å²) in [7, 11) is 0. The van der Waals surface area contributed by atoms with Crippen LogP contribution in [0.3, 0.4) is 0 Å². The molecule has 90 valence electrons. The zero-order valence-electron chi connectivity index (χ0n) is 9.77. The first-order valence-corrected chi connectivity index (χ1v) is 6.46. The zero-order chi connectivity index (χ0) is 12.0. The van der Waals surface area contributed by atoms with Gasteiger partial charge in [-0.15, -0.1) is 11.3 Å².